The number of nitrogens with one attached hydrogen (secondary N) is 2. The van der Waals surface area contributed by atoms with Crippen LogP contribution in [0.4, 0.5) is 0 Å². The number of hydrogen-bond acceptors (Lipinski definition) is 4. The zero-order chi connectivity index (χ0) is 16.0. The van der Waals surface area contributed by atoms with Gasteiger partial charge in [0.05, 0.1) is 11.5 Å². The third kappa shape index (κ3) is 2.17. The molecule has 2 aliphatic heterocycles. The molecule has 0 unspecified atom stereocenters. The molecule has 1 aromatic rings. The number of fused-ring (bicyclic) bond motifs is 1. The highest BCUT2D eigenvalue weighted by atomic mass is 16.3. The minimum absolute atomic E-state index is 0.117. The second kappa shape index (κ2) is 5.33. The number of likely N-dealkylation sites (tertiary alicyclic amines) is 1. The number of amides is 2. The summed E-state index contributed by atoms with van der Waals surface area (Å²) in [5.41, 5.74) is 1.74. The van der Waals surface area contributed by atoms with E-state index in [-0.39, 0.29) is 18.4 Å². The molecule has 7 nitrogen and oxygen atoms in total. The standard InChI is InChI=1S/C16H22N4O3/c21-12-5-8-20(9-16(12)6-2-7-17-15(16)23)14(22)13-10-3-1-4-11(10)18-19-13/h12,21H,1-9H2,(H,17,23)(H,18,19)/t12-,16+/m0/s1. The molecular weight excluding hydrogens is 296 g/mol. The van der Waals surface area contributed by atoms with Crippen LogP contribution in [0.5, 0.6) is 0 Å². The molecule has 0 aromatic carbocycles. The van der Waals surface area contributed by atoms with E-state index in [1.807, 2.05) is 0 Å². The van der Waals surface area contributed by atoms with Crippen molar-refractivity contribution in [1.82, 2.24) is 20.4 Å². The number of carbonyl (C=O) groups excluding carboxylic acids is 2. The lowest BCUT2D eigenvalue weighted by Crippen LogP contribution is -2.62. The summed E-state index contributed by atoms with van der Waals surface area (Å²) in [6.45, 7) is 1.39. The topological polar surface area (TPSA) is 98.3 Å². The van der Waals surface area contributed by atoms with E-state index in [2.05, 4.69) is 15.5 Å². The molecule has 4 rings (SSSR count). The van der Waals surface area contributed by atoms with Crippen LogP contribution in [0.3, 0.4) is 0 Å². The highest BCUT2D eigenvalue weighted by molar-refractivity contribution is 5.95. The molecule has 1 aromatic heterocycles. The number of aromatic amines is 1. The van der Waals surface area contributed by atoms with Gasteiger partial charge in [-0.15, -0.1) is 0 Å². The van der Waals surface area contributed by atoms with Crippen molar-refractivity contribution < 1.29 is 14.7 Å². The van der Waals surface area contributed by atoms with E-state index in [4.69, 9.17) is 0 Å². The summed E-state index contributed by atoms with van der Waals surface area (Å²) >= 11 is 0. The van der Waals surface area contributed by atoms with Crippen molar-refractivity contribution in [3.8, 4) is 0 Å². The maximum atomic E-state index is 12.9. The highest BCUT2D eigenvalue weighted by Crippen LogP contribution is 2.38. The number of aliphatic hydroxyl groups is 1. The van der Waals surface area contributed by atoms with Gasteiger partial charge in [-0.25, -0.2) is 0 Å². The largest absolute Gasteiger partial charge is 0.392 e. The first-order valence-corrected chi connectivity index (χ1v) is 8.43. The van der Waals surface area contributed by atoms with Crippen molar-refractivity contribution in [3.05, 3.63) is 17.0 Å². The van der Waals surface area contributed by atoms with Gasteiger partial charge < -0.3 is 15.3 Å². The summed E-state index contributed by atoms with van der Waals surface area (Å²) in [7, 11) is 0. The molecule has 0 radical (unpaired) electrons. The van der Waals surface area contributed by atoms with Gasteiger partial charge in [-0.05, 0) is 38.5 Å². The molecule has 3 aliphatic rings. The van der Waals surface area contributed by atoms with Gasteiger partial charge in [0.2, 0.25) is 5.91 Å². The zero-order valence-electron chi connectivity index (χ0n) is 13.1. The van der Waals surface area contributed by atoms with E-state index in [0.29, 0.717) is 31.6 Å². The summed E-state index contributed by atoms with van der Waals surface area (Å²) in [6.07, 6.45) is 4.10. The smallest absolute Gasteiger partial charge is 0.274 e. The molecule has 2 amide bonds. The third-order valence-corrected chi connectivity index (χ3v) is 5.62. The second-order valence-electron chi connectivity index (χ2n) is 6.93. The average molecular weight is 318 g/mol. The van der Waals surface area contributed by atoms with Crippen LogP contribution >= 0.6 is 0 Å². The predicted molar refractivity (Wildman–Crippen MR) is 81.8 cm³/mol. The maximum absolute atomic E-state index is 12.9. The van der Waals surface area contributed by atoms with E-state index >= 15 is 0 Å². The van der Waals surface area contributed by atoms with Crippen molar-refractivity contribution in [2.45, 2.75) is 44.6 Å². The molecule has 3 N–H and O–H groups in total. The fraction of sp³-hybridized carbons (Fsp3) is 0.688. The Hall–Kier alpha value is -1.89. The van der Waals surface area contributed by atoms with E-state index in [1.165, 1.54) is 0 Å². The Morgan fingerprint density at radius 2 is 2.22 bits per heavy atom. The first-order valence-electron chi connectivity index (χ1n) is 8.43. The van der Waals surface area contributed by atoms with E-state index in [9.17, 15) is 14.7 Å². The number of aryl methyl sites for hydroxylation is 1. The van der Waals surface area contributed by atoms with Gasteiger partial charge in [0.15, 0.2) is 5.69 Å². The van der Waals surface area contributed by atoms with Gasteiger partial charge in [-0.1, -0.05) is 0 Å². The van der Waals surface area contributed by atoms with Crippen LogP contribution in [0.2, 0.25) is 0 Å². The number of hydrogen-bond donors (Lipinski definition) is 3. The fourth-order valence-corrected chi connectivity index (χ4v) is 4.26. The van der Waals surface area contributed by atoms with E-state index < -0.39 is 11.5 Å². The molecule has 2 fully saturated rings. The molecule has 2 saturated heterocycles. The van der Waals surface area contributed by atoms with E-state index in [0.717, 1.165) is 36.9 Å². The van der Waals surface area contributed by atoms with Crippen LogP contribution in [0.15, 0.2) is 0 Å². The molecule has 0 bridgehead atoms. The molecule has 1 aliphatic carbocycles. The molecule has 1 spiro atoms. The molecule has 124 valence electrons. The lowest BCUT2D eigenvalue weighted by atomic mass is 9.71. The normalized spacial score (nSPS) is 30.4. The number of aromatic nitrogens is 2. The van der Waals surface area contributed by atoms with Crippen molar-refractivity contribution in [3.63, 3.8) is 0 Å². The Balaban J connectivity index is 1.59. The van der Waals surface area contributed by atoms with Crippen molar-refractivity contribution in [2.75, 3.05) is 19.6 Å². The predicted octanol–water partition coefficient (Wildman–Crippen LogP) is 0.00160. The van der Waals surface area contributed by atoms with Crippen LogP contribution in [0.1, 0.15) is 47.4 Å². The Morgan fingerprint density at radius 1 is 1.35 bits per heavy atom. The number of nitrogens with zero attached hydrogens (tertiary/aromatic N) is 2. The molecule has 3 heterocycles. The minimum atomic E-state index is -0.856. The van der Waals surface area contributed by atoms with Gasteiger partial charge in [0, 0.05) is 30.9 Å². The molecule has 2 atom stereocenters. The zero-order valence-corrected chi connectivity index (χ0v) is 13.1. The lowest BCUT2D eigenvalue weighted by Gasteiger charge is -2.46. The SMILES string of the molecule is O=C(c1n[nH]c2c1CCC2)N1CC[C@H](O)[C@@]2(CCCNC2=O)C1. The van der Waals surface area contributed by atoms with Crippen LogP contribution < -0.4 is 5.32 Å². The number of carbonyl (C=O) groups is 2. The Morgan fingerprint density at radius 3 is 3.04 bits per heavy atom. The third-order valence-electron chi connectivity index (χ3n) is 5.62. The van der Waals surface area contributed by atoms with Gasteiger partial charge in [-0.2, -0.15) is 5.10 Å². The first-order chi connectivity index (χ1) is 11.1. The molecule has 0 saturated carbocycles. The number of piperidine rings is 2. The van der Waals surface area contributed by atoms with Crippen molar-refractivity contribution in [1.29, 1.82) is 0 Å². The fourth-order valence-electron chi connectivity index (χ4n) is 4.26. The van der Waals surface area contributed by atoms with Crippen LogP contribution in [-0.4, -0.2) is 57.8 Å². The number of rotatable bonds is 1. The quantitative estimate of drug-likeness (QED) is 0.679. The van der Waals surface area contributed by atoms with E-state index in [1.54, 1.807) is 4.90 Å². The summed E-state index contributed by atoms with van der Waals surface area (Å²) in [5.74, 6) is -0.241. The molecule has 23 heavy (non-hydrogen) atoms. The van der Waals surface area contributed by atoms with Gasteiger partial charge in [0.1, 0.15) is 0 Å². The second-order valence-corrected chi connectivity index (χ2v) is 6.93. The summed E-state index contributed by atoms with van der Waals surface area (Å²) in [6, 6.07) is 0. The molecule has 7 heteroatoms. The monoisotopic (exact) mass is 318 g/mol. The first kappa shape index (κ1) is 14.7. The summed E-state index contributed by atoms with van der Waals surface area (Å²) in [5, 5.41) is 20.4. The Bertz CT molecular complexity index is 656. The summed E-state index contributed by atoms with van der Waals surface area (Å²) < 4.78 is 0. The van der Waals surface area contributed by atoms with Gasteiger partial charge in [-0.3, -0.25) is 14.7 Å². The lowest BCUT2D eigenvalue weighted by molar-refractivity contribution is -0.147. The van der Waals surface area contributed by atoms with Gasteiger partial charge in [0.25, 0.3) is 5.91 Å². The van der Waals surface area contributed by atoms with Crippen LogP contribution in [-0.2, 0) is 17.6 Å². The maximum Gasteiger partial charge on any atom is 0.274 e. The molecular formula is C16H22N4O3. The summed E-state index contributed by atoms with van der Waals surface area (Å²) in [4.78, 5) is 27.0. The van der Waals surface area contributed by atoms with Crippen molar-refractivity contribution >= 4 is 11.8 Å². The Kier molecular flexibility index (Phi) is 3.41. The highest BCUT2D eigenvalue weighted by Gasteiger charge is 2.51. The number of H-pyrrole nitrogens is 1. The van der Waals surface area contributed by atoms with Gasteiger partial charge >= 0.3 is 0 Å². The number of aliphatic hydroxyl groups excluding tert-OH is 1. The Labute approximate surface area is 134 Å². The van der Waals surface area contributed by atoms with Crippen LogP contribution in [0, 0.1) is 5.41 Å². The average Bonchev–Trinajstić information content (AvgIpc) is 3.15. The van der Waals surface area contributed by atoms with Crippen molar-refractivity contribution in [2.24, 2.45) is 5.41 Å². The van der Waals surface area contributed by atoms with Crippen LogP contribution in [0.25, 0.3) is 0 Å². The minimum Gasteiger partial charge on any atom is -0.392 e.